The molecule has 1 aliphatic heterocycles. The number of ether oxygens (including phenoxy) is 1. The summed E-state index contributed by atoms with van der Waals surface area (Å²) >= 11 is 4.26. The second kappa shape index (κ2) is 16.5. The van der Waals surface area contributed by atoms with Gasteiger partial charge < -0.3 is 38.5 Å². The van der Waals surface area contributed by atoms with Crippen LogP contribution in [0.3, 0.4) is 0 Å². The molecule has 1 fully saturated rings. The molecule has 2 N–H and O–H groups in total. The molecule has 15 nitrogen and oxygen atoms in total. The van der Waals surface area contributed by atoms with Crippen LogP contribution in [0.5, 0.6) is 0 Å². The minimum atomic E-state index is -6.02. The van der Waals surface area contributed by atoms with Gasteiger partial charge in [0.1, 0.15) is 19.1 Å². The fourth-order valence-electron chi connectivity index (χ4n) is 2.28. The first-order valence-electron chi connectivity index (χ1n) is 7.45. The summed E-state index contributed by atoms with van der Waals surface area (Å²) in [5.41, 5.74) is -1.24. The summed E-state index contributed by atoms with van der Waals surface area (Å²) < 4.78 is 39.3. The second-order valence-corrected chi connectivity index (χ2v) is 11.3. The molecule has 0 amide bonds. The second-order valence-electron chi connectivity index (χ2n) is 5.71. The van der Waals surface area contributed by atoms with Crippen molar-refractivity contribution in [1.82, 2.24) is 9.55 Å². The first-order valence-corrected chi connectivity index (χ1v) is 12.9. The van der Waals surface area contributed by atoms with Gasteiger partial charge in [0.15, 0.2) is 0 Å². The molecule has 1 aromatic heterocycles. The molecular weight excluding hydrogens is 573 g/mol. The Morgan fingerprint density at radius 3 is 2.24 bits per heavy atom. The zero-order valence-corrected chi connectivity index (χ0v) is 29.8. The maximum atomic E-state index is 11.9. The van der Waals surface area contributed by atoms with Crippen molar-refractivity contribution >= 4 is 34.2 Å². The van der Waals surface area contributed by atoms with Crippen molar-refractivity contribution < 1.29 is 170 Å². The standard InChI is InChI=1S/C10H17N2O13P3S.4Na/c1-5-3-12(10(15)11-9(5)14)8-2-6(13)7(23-8)4-22-28(21,29)25-27(19,20)24-26(16,17)18;;;;/h3,6-8,13H,2,4H2,1H3,(H,19,20)(H,21,29)(H,11,14,15)(H2,16,17,18);;;;/q;4*+1/p-4. The molecule has 166 valence electrons. The predicted molar refractivity (Wildman–Crippen MR) is 88.2 cm³/mol. The van der Waals surface area contributed by atoms with Gasteiger partial charge in [-0.25, -0.2) is 4.79 Å². The smallest absolute Gasteiger partial charge is 0.790 e. The largest absolute Gasteiger partial charge is 1.00 e. The van der Waals surface area contributed by atoms with Crippen LogP contribution in [-0.2, 0) is 38.8 Å². The molecule has 2 heterocycles. The van der Waals surface area contributed by atoms with Crippen LogP contribution in [0.25, 0.3) is 0 Å². The summed E-state index contributed by atoms with van der Waals surface area (Å²) in [6.07, 6.45) is -2.55. The van der Waals surface area contributed by atoms with Crippen molar-refractivity contribution in [3.8, 4) is 0 Å². The van der Waals surface area contributed by atoms with Crippen molar-refractivity contribution in [1.29, 1.82) is 0 Å². The molecule has 0 aromatic carbocycles. The topological polar surface area (TPSA) is 238 Å². The van der Waals surface area contributed by atoms with Gasteiger partial charge in [-0.1, -0.05) is 11.8 Å². The van der Waals surface area contributed by atoms with Gasteiger partial charge in [0.2, 0.25) is 0 Å². The molecule has 33 heavy (non-hydrogen) atoms. The van der Waals surface area contributed by atoms with Gasteiger partial charge in [0, 0.05) is 18.2 Å². The fourth-order valence-corrected chi connectivity index (χ4v) is 6.07. The minimum Gasteiger partial charge on any atom is -0.790 e. The van der Waals surface area contributed by atoms with Crippen molar-refractivity contribution in [3.05, 3.63) is 32.6 Å². The van der Waals surface area contributed by atoms with Gasteiger partial charge in [-0.15, -0.1) is 0 Å². The number of aliphatic hydroxyl groups excluding tert-OH is 1. The molecule has 5 atom stereocenters. The number of hydrogen-bond acceptors (Lipinski definition) is 14. The molecule has 23 heteroatoms. The third kappa shape index (κ3) is 13.9. The molecule has 2 rings (SSSR count). The Hall–Kier alpha value is 3.43. The Morgan fingerprint density at radius 1 is 1.18 bits per heavy atom. The van der Waals surface area contributed by atoms with E-state index >= 15 is 0 Å². The molecule has 1 saturated heterocycles. The van der Waals surface area contributed by atoms with E-state index in [-0.39, 0.29) is 130 Å². The Bertz CT molecular complexity index is 1030. The normalized spacial score (nSPS) is 23.5. The van der Waals surface area contributed by atoms with Crippen molar-refractivity contribution in [3.63, 3.8) is 0 Å². The zero-order valence-electron chi connectivity index (χ0n) is 18.3. The number of nitrogens with zero attached hydrogens (tertiary/aromatic N) is 1. The van der Waals surface area contributed by atoms with E-state index in [2.05, 4.69) is 25.0 Å². The molecule has 1 aromatic rings. The van der Waals surface area contributed by atoms with Crippen LogP contribution in [0, 0.1) is 6.92 Å². The van der Waals surface area contributed by atoms with E-state index in [1.807, 2.05) is 4.98 Å². The van der Waals surface area contributed by atoms with Gasteiger partial charge in [0.05, 0.1) is 20.5 Å². The Labute approximate surface area is 280 Å². The van der Waals surface area contributed by atoms with Crippen LogP contribution in [0.2, 0.25) is 0 Å². The zero-order chi connectivity index (χ0) is 22.2. The third-order valence-electron chi connectivity index (χ3n) is 3.46. The number of H-pyrrole nitrogens is 1. The number of nitrogens with one attached hydrogen (secondary N) is 1. The first kappa shape index (κ1) is 40.9. The van der Waals surface area contributed by atoms with Crippen molar-refractivity contribution in [2.75, 3.05) is 6.61 Å². The Morgan fingerprint density at radius 2 is 1.73 bits per heavy atom. The number of aliphatic hydroxyl groups is 1. The molecule has 5 unspecified atom stereocenters. The third-order valence-corrected chi connectivity index (χ3v) is 8.04. The molecular formula is C10H13N2Na4O13P3S. The number of phosphoric acid groups is 2. The summed E-state index contributed by atoms with van der Waals surface area (Å²) in [6, 6.07) is 0. The first-order chi connectivity index (χ1) is 13.1. The van der Waals surface area contributed by atoms with Crippen LogP contribution in [-0.4, -0.2) is 33.5 Å². The van der Waals surface area contributed by atoms with Crippen molar-refractivity contribution in [2.45, 2.75) is 31.8 Å². The number of aromatic amines is 1. The van der Waals surface area contributed by atoms with E-state index in [1.54, 1.807) is 0 Å². The van der Waals surface area contributed by atoms with Crippen LogP contribution >= 0.6 is 22.4 Å². The average molecular weight is 586 g/mol. The molecule has 0 radical (unpaired) electrons. The maximum Gasteiger partial charge on any atom is 1.00 e. The van der Waals surface area contributed by atoms with E-state index in [0.717, 1.165) is 4.57 Å². The predicted octanol–water partition coefficient (Wildman–Crippen LogP) is -15.6. The average Bonchev–Trinajstić information content (AvgIpc) is 2.86. The Kier molecular flexibility index (Phi) is 20.5. The molecule has 0 bridgehead atoms. The van der Waals surface area contributed by atoms with Gasteiger partial charge in [-0.05, 0) is 6.92 Å². The summed E-state index contributed by atoms with van der Waals surface area (Å²) in [4.78, 5) is 69.0. The number of rotatable bonds is 8. The fraction of sp³-hybridized carbons (Fsp3) is 0.600. The quantitative estimate of drug-likeness (QED) is 0.213. The molecule has 0 saturated carbocycles. The summed E-state index contributed by atoms with van der Waals surface area (Å²) in [6.45, 7) is -4.28. The van der Waals surface area contributed by atoms with Gasteiger partial charge >= 0.3 is 124 Å². The van der Waals surface area contributed by atoms with Crippen LogP contribution in [0.1, 0.15) is 18.2 Å². The van der Waals surface area contributed by atoms with E-state index in [1.165, 1.54) is 13.1 Å². The Balaban J connectivity index is -0.00000225. The molecule has 0 spiro atoms. The van der Waals surface area contributed by atoms with Crippen LogP contribution < -0.4 is 149 Å². The van der Waals surface area contributed by atoms with Gasteiger partial charge in [0.25, 0.3) is 13.4 Å². The van der Waals surface area contributed by atoms with E-state index < -0.39 is 58.7 Å². The van der Waals surface area contributed by atoms with Crippen molar-refractivity contribution in [2.24, 2.45) is 0 Å². The number of hydrogen-bond donors (Lipinski definition) is 2. The summed E-state index contributed by atoms with van der Waals surface area (Å²) in [5, 5.41) is 10.0. The SMILES string of the molecule is Cc1cn(C2CC(O)C(COP([O-])(=S)OP(=O)([O-])OP(=O)([O-])[O-])O2)c(=O)[nH]c1=O.[Na+].[Na+].[Na+].[Na+]. The number of aryl methyl sites for hydroxylation is 1. The van der Waals surface area contributed by atoms with Crippen LogP contribution in [0.4, 0.5) is 0 Å². The molecule has 1 aliphatic rings. The van der Waals surface area contributed by atoms with Gasteiger partial charge in [-0.3, -0.25) is 27.5 Å². The molecule has 0 aliphatic carbocycles. The summed E-state index contributed by atoms with van der Waals surface area (Å²) in [7, 11) is -11.9. The van der Waals surface area contributed by atoms with E-state index in [9.17, 15) is 43.4 Å². The van der Waals surface area contributed by atoms with E-state index in [0.29, 0.717) is 0 Å². The number of aromatic nitrogens is 2. The van der Waals surface area contributed by atoms with Crippen LogP contribution in [0.15, 0.2) is 15.8 Å². The van der Waals surface area contributed by atoms with E-state index in [4.69, 9.17) is 4.74 Å². The minimum absolute atomic E-state index is 0. The summed E-state index contributed by atoms with van der Waals surface area (Å²) in [5.74, 6) is 0. The maximum absolute atomic E-state index is 11.9. The van der Waals surface area contributed by atoms with Gasteiger partial charge in [-0.2, -0.15) is 0 Å². The monoisotopic (exact) mass is 586 g/mol.